The molecule has 0 saturated carbocycles. The minimum atomic E-state index is -0.144. The number of carbonyl (C=O) groups is 1. The zero-order chi connectivity index (χ0) is 11.8. The second kappa shape index (κ2) is 4.42. The summed E-state index contributed by atoms with van der Waals surface area (Å²) in [5, 5.41) is 1.91. The lowest BCUT2D eigenvalue weighted by Crippen LogP contribution is -2.43. The number of nitrogens with zero attached hydrogens (tertiary/aromatic N) is 1. The number of piperidine rings is 1. The van der Waals surface area contributed by atoms with E-state index >= 15 is 0 Å². The Bertz CT molecular complexity index is 390. The van der Waals surface area contributed by atoms with Crippen LogP contribution in [0.5, 0.6) is 0 Å². The van der Waals surface area contributed by atoms with Gasteiger partial charge in [-0.2, -0.15) is 0 Å². The van der Waals surface area contributed by atoms with E-state index in [-0.39, 0.29) is 12.1 Å². The quantitative estimate of drug-likeness (QED) is 0.756. The number of ether oxygens (including phenoxy) is 1. The molecule has 0 amide bonds. The van der Waals surface area contributed by atoms with E-state index in [9.17, 15) is 4.79 Å². The van der Waals surface area contributed by atoms with Crippen LogP contribution in [0.1, 0.15) is 35.4 Å². The van der Waals surface area contributed by atoms with Crippen LogP contribution in [-0.4, -0.2) is 36.1 Å². The number of rotatable bonds is 2. The van der Waals surface area contributed by atoms with Gasteiger partial charge in [-0.1, -0.05) is 6.07 Å². The maximum atomic E-state index is 11.9. The Balaban J connectivity index is 1.62. The molecule has 0 radical (unpaired) electrons. The fraction of sp³-hybridized carbons (Fsp3) is 0.615. The van der Waals surface area contributed by atoms with Crippen LogP contribution >= 0.6 is 11.3 Å². The minimum Gasteiger partial charge on any atom is -0.458 e. The highest BCUT2D eigenvalue weighted by Crippen LogP contribution is 2.35. The molecule has 0 unspecified atom stereocenters. The van der Waals surface area contributed by atoms with Crippen LogP contribution in [0.4, 0.5) is 0 Å². The second-order valence-electron chi connectivity index (χ2n) is 5.03. The first-order valence-corrected chi connectivity index (χ1v) is 7.08. The van der Waals surface area contributed by atoms with Crippen LogP contribution in [0, 0.1) is 0 Å². The van der Waals surface area contributed by atoms with Gasteiger partial charge < -0.3 is 9.64 Å². The van der Waals surface area contributed by atoms with E-state index in [1.807, 2.05) is 17.5 Å². The standard InChI is InChI=1S/C13H17NO2S/c1-14-9-4-5-10(14)8-11(7-9)16-13(15)12-3-2-6-17-12/h2-3,6,9-11H,4-5,7-8H2,1H3/t9-,10-/m1/s1. The van der Waals surface area contributed by atoms with Crippen LogP contribution in [0.2, 0.25) is 0 Å². The van der Waals surface area contributed by atoms with Crippen LogP contribution < -0.4 is 0 Å². The van der Waals surface area contributed by atoms with E-state index in [2.05, 4.69) is 11.9 Å². The molecular formula is C13H17NO2S. The summed E-state index contributed by atoms with van der Waals surface area (Å²) < 4.78 is 5.61. The highest BCUT2D eigenvalue weighted by atomic mass is 32.1. The van der Waals surface area contributed by atoms with E-state index in [0.717, 1.165) is 17.7 Å². The highest BCUT2D eigenvalue weighted by Gasteiger charge is 2.39. The maximum Gasteiger partial charge on any atom is 0.348 e. The summed E-state index contributed by atoms with van der Waals surface area (Å²) in [5.41, 5.74) is 0. The molecule has 0 spiro atoms. The molecule has 2 aliphatic heterocycles. The Hall–Kier alpha value is -0.870. The van der Waals surface area contributed by atoms with E-state index in [4.69, 9.17) is 4.74 Å². The molecule has 4 heteroatoms. The molecule has 3 rings (SSSR count). The molecule has 3 heterocycles. The minimum absolute atomic E-state index is 0.123. The van der Waals surface area contributed by atoms with Crippen molar-refractivity contribution in [2.24, 2.45) is 0 Å². The zero-order valence-corrected chi connectivity index (χ0v) is 10.8. The molecule has 2 saturated heterocycles. The lowest BCUT2D eigenvalue weighted by molar-refractivity contribution is 0.0000105. The van der Waals surface area contributed by atoms with Crippen molar-refractivity contribution < 1.29 is 9.53 Å². The Morgan fingerprint density at radius 2 is 2.12 bits per heavy atom. The van der Waals surface area contributed by atoms with E-state index < -0.39 is 0 Å². The van der Waals surface area contributed by atoms with Gasteiger partial charge in [-0.15, -0.1) is 11.3 Å². The van der Waals surface area contributed by atoms with Crippen molar-refractivity contribution in [1.82, 2.24) is 4.90 Å². The van der Waals surface area contributed by atoms with Crippen molar-refractivity contribution >= 4 is 17.3 Å². The molecule has 2 bridgehead atoms. The summed E-state index contributed by atoms with van der Waals surface area (Å²) in [4.78, 5) is 15.0. The van der Waals surface area contributed by atoms with Gasteiger partial charge in [0.05, 0.1) is 0 Å². The Morgan fingerprint density at radius 3 is 2.71 bits per heavy atom. The molecule has 0 aliphatic carbocycles. The van der Waals surface area contributed by atoms with E-state index in [1.54, 1.807) is 0 Å². The monoisotopic (exact) mass is 251 g/mol. The molecule has 0 aromatic carbocycles. The summed E-state index contributed by atoms with van der Waals surface area (Å²) in [7, 11) is 2.19. The third-order valence-corrected chi connectivity index (χ3v) is 4.90. The number of esters is 1. The Morgan fingerprint density at radius 1 is 1.41 bits per heavy atom. The average Bonchev–Trinajstić information content (AvgIpc) is 2.88. The molecule has 17 heavy (non-hydrogen) atoms. The van der Waals surface area contributed by atoms with Gasteiger partial charge in [0.2, 0.25) is 0 Å². The predicted octanol–water partition coefficient (Wildman–Crippen LogP) is 2.53. The van der Waals surface area contributed by atoms with Crippen molar-refractivity contribution in [3.63, 3.8) is 0 Å². The van der Waals surface area contributed by atoms with Gasteiger partial charge in [-0.3, -0.25) is 0 Å². The summed E-state index contributed by atoms with van der Waals surface area (Å²) >= 11 is 1.45. The van der Waals surface area contributed by atoms with Crippen molar-refractivity contribution in [2.75, 3.05) is 7.05 Å². The third-order valence-electron chi connectivity index (χ3n) is 4.05. The largest absolute Gasteiger partial charge is 0.458 e. The van der Waals surface area contributed by atoms with Gasteiger partial charge in [0.25, 0.3) is 0 Å². The fourth-order valence-corrected chi connectivity index (χ4v) is 3.67. The molecule has 2 aliphatic rings. The molecule has 0 N–H and O–H groups in total. The fourth-order valence-electron chi connectivity index (χ4n) is 3.06. The molecule has 2 fully saturated rings. The molecule has 1 aromatic rings. The van der Waals surface area contributed by atoms with Crippen molar-refractivity contribution in [2.45, 2.75) is 43.9 Å². The smallest absolute Gasteiger partial charge is 0.348 e. The summed E-state index contributed by atoms with van der Waals surface area (Å²) in [6.07, 6.45) is 4.65. The summed E-state index contributed by atoms with van der Waals surface area (Å²) in [6, 6.07) is 4.96. The van der Waals surface area contributed by atoms with Gasteiger partial charge in [0.1, 0.15) is 11.0 Å². The SMILES string of the molecule is CN1[C@@H]2CC[C@@H]1CC(OC(=O)c1cccs1)C2. The Labute approximate surface area is 105 Å². The summed E-state index contributed by atoms with van der Waals surface area (Å²) in [6.45, 7) is 0. The number of hydrogen-bond donors (Lipinski definition) is 0. The van der Waals surface area contributed by atoms with Gasteiger partial charge >= 0.3 is 5.97 Å². The van der Waals surface area contributed by atoms with E-state index in [1.165, 1.54) is 24.2 Å². The predicted molar refractivity (Wildman–Crippen MR) is 67.3 cm³/mol. The lowest BCUT2D eigenvalue weighted by atomic mass is 10.0. The molecule has 1 aromatic heterocycles. The number of thiophene rings is 1. The van der Waals surface area contributed by atoms with Crippen LogP contribution in [0.15, 0.2) is 17.5 Å². The third kappa shape index (κ3) is 2.11. The molecular weight excluding hydrogens is 234 g/mol. The van der Waals surface area contributed by atoms with Gasteiger partial charge in [0, 0.05) is 24.9 Å². The second-order valence-corrected chi connectivity index (χ2v) is 5.97. The van der Waals surface area contributed by atoms with Crippen molar-refractivity contribution in [3.8, 4) is 0 Å². The molecule has 3 nitrogen and oxygen atoms in total. The molecule has 92 valence electrons. The number of hydrogen-bond acceptors (Lipinski definition) is 4. The Kier molecular flexibility index (Phi) is 2.92. The van der Waals surface area contributed by atoms with Gasteiger partial charge in [0.15, 0.2) is 0 Å². The van der Waals surface area contributed by atoms with Gasteiger partial charge in [-0.25, -0.2) is 4.79 Å². The zero-order valence-electron chi connectivity index (χ0n) is 9.96. The van der Waals surface area contributed by atoms with Gasteiger partial charge in [-0.05, 0) is 31.3 Å². The maximum absolute atomic E-state index is 11.9. The van der Waals surface area contributed by atoms with E-state index in [0.29, 0.717) is 12.1 Å². The number of fused-ring (bicyclic) bond motifs is 2. The lowest BCUT2D eigenvalue weighted by Gasteiger charge is -2.35. The first-order chi connectivity index (χ1) is 8.24. The topological polar surface area (TPSA) is 29.5 Å². The number of carbonyl (C=O) groups excluding carboxylic acids is 1. The average molecular weight is 251 g/mol. The summed E-state index contributed by atoms with van der Waals surface area (Å²) in [5.74, 6) is -0.144. The van der Waals surface area contributed by atoms with Crippen molar-refractivity contribution in [1.29, 1.82) is 0 Å². The molecule has 2 atom stereocenters. The van der Waals surface area contributed by atoms with Crippen molar-refractivity contribution in [3.05, 3.63) is 22.4 Å². The first kappa shape index (κ1) is 11.2. The highest BCUT2D eigenvalue weighted by molar-refractivity contribution is 7.11. The normalized spacial score (nSPS) is 32.6. The van der Waals surface area contributed by atoms with Crippen LogP contribution in [0.3, 0.4) is 0 Å². The van der Waals surface area contributed by atoms with Crippen LogP contribution in [0.25, 0.3) is 0 Å². The first-order valence-electron chi connectivity index (χ1n) is 6.20. The van der Waals surface area contributed by atoms with Crippen LogP contribution in [-0.2, 0) is 4.74 Å².